The summed E-state index contributed by atoms with van der Waals surface area (Å²) in [6, 6.07) is 2.53. The highest BCUT2D eigenvalue weighted by molar-refractivity contribution is 5.01. The van der Waals surface area contributed by atoms with E-state index in [-0.39, 0.29) is 0 Å². The van der Waals surface area contributed by atoms with Crippen molar-refractivity contribution < 1.29 is 0 Å². The predicted molar refractivity (Wildman–Crippen MR) is 62.6 cm³/mol. The number of aromatic nitrogens is 2. The van der Waals surface area contributed by atoms with Crippen molar-refractivity contribution in [3.63, 3.8) is 0 Å². The minimum atomic E-state index is 0.570. The van der Waals surface area contributed by atoms with Crippen LogP contribution in [0.1, 0.15) is 44.6 Å². The third-order valence-corrected chi connectivity index (χ3v) is 2.46. The normalized spacial score (nSPS) is 12.7. The molecule has 0 radical (unpaired) electrons. The molecule has 0 amide bonds. The van der Waals surface area contributed by atoms with Gasteiger partial charge in [0.25, 0.3) is 0 Å². The maximum atomic E-state index is 4.35. The number of unbranched alkanes of at least 4 members (excludes halogenated alkanes) is 1. The second-order valence-electron chi connectivity index (χ2n) is 4.02. The van der Waals surface area contributed by atoms with E-state index in [2.05, 4.69) is 29.1 Å². The maximum Gasteiger partial charge on any atom is 0.125 e. The number of hydrogen-bond donors (Lipinski definition) is 1. The molecular weight excluding hydrogens is 186 g/mol. The first-order chi connectivity index (χ1) is 7.22. The molecule has 1 aromatic rings. The SMILES string of the molecule is CCCCC(C)NCc1ccnc(C)n1. The zero-order chi connectivity index (χ0) is 11.1. The van der Waals surface area contributed by atoms with Gasteiger partial charge >= 0.3 is 0 Å². The monoisotopic (exact) mass is 207 g/mol. The molecule has 1 rings (SSSR count). The summed E-state index contributed by atoms with van der Waals surface area (Å²) in [5.74, 6) is 0.843. The van der Waals surface area contributed by atoms with Crippen molar-refractivity contribution in [2.24, 2.45) is 0 Å². The van der Waals surface area contributed by atoms with Crippen LogP contribution >= 0.6 is 0 Å². The molecule has 3 nitrogen and oxygen atoms in total. The topological polar surface area (TPSA) is 37.8 Å². The molecule has 0 fully saturated rings. The van der Waals surface area contributed by atoms with Gasteiger partial charge in [-0.3, -0.25) is 0 Å². The summed E-state index contributed by atoms with van der Waals surface area (Å²) in [6.07, 6.45) is 5.60. The standard InChI is InChI=1S/C12H21N3/c1-4-5-6-10(2)14-9-12-7-8-13-11(3)15-12/h7-8,10,14H,4-6,9H2,1-3H3. The Bertz CT molecular complexity index is 286. The molecule has 1 unspecified atom stereocenters. The van der Waals surface area contributed by atoms with Crippen LogP contribution in [0.3, 0.4) is 0 Å². The summed E-state index contributed by atoms with van der Waals surface area (Å²) in [7, 11) is 0. The van der Waals surface area contributed by atoms with Gasteiger partial charge < -0.3 is 5.32 Å². The quantitative estimate of drug-likeness (QED) is 0.778. The Kier molecular flexibility index (Phi) is 5.26. The summed E-state index contributed by atoms with van der Waals surface area (Å²) in [5, 5.41) is 3.47. The van der Waals surface area contributed by atoms with Gasteiger partial charge in [0.1, 0.15) is 5.82 Å². The zero-order valence-electron chi connectivity index (χ0n) is 9.95. The maximum absolute atomic E-state index is 4.35. The molecule has 1 atom stereocenters. The van der Waals surface area contributed by atoms with Gasteiger partial charge in [-0.1, -0.05) is 19.8 Å². The van der Waals surface area contributed by atoms with E-state index in [9.17, 15) is 0 Å². The average molecular weight is 207 g/mol. The van der Waals surface area contributed by atoms with E-state index in [1.165, 1.54) is 19.3 Å². The van der Waals surface area contributed by atoms with Gasteiger partial charge in [0, 0.05) is 18.8 Å². The van der Waals surface area contributed by atoms with E-state index in [1.807, 2.05) is 19.2 Å². The van der Waals surface area contributed by atoms with Crippen molar-refractivity contribution in [2.45, 2.75) is 52.6 Å². The van der Waals surface area contributed by atoms with Crippen molar-refractivity contribution in [2.75, 3.05) is 0 Å². The van der Waals surface area contributed by atoms with E-state index in [1.54, 1.807) is 0 Å². The van der Waals surface area contributed by atoms with Crippen molar-refractivity contribution in [3.05, 3.63) is 23.8 Å². The van der Waals surface area contributed by atoms with Crippen LogP contribution < -0.4 is 5.32 Å². The first-order valence-electron chi connectivity index (χ1n) is 5.74. The van der Waals surface area contributed by atoms with Crippen LogP contribution in [0.2, 0.25) is 0 Å². The molecule has 0 aliphatic rings. The Morgan fingerprint density at radius 1 is 1.47 bits per heavy atom. The summed E-state index contributed by atoms with van der Waals surface area (Å²) in [5.41, 5.74) is 1.07. The van der Waals surface area contributed by atoms with E-state index >= 15 is 0 Å². The highest BCUT2D eigenvalue weighted by Crippen LogP contribution is 2.01. The molecule has 15 heavy (non-hydrogen) atoms. The van der Waals surface area contributed by atoms with Crippen LogP contribution in [0, 0.1) is 6.92 Å². The molecule has 1 heterocycles. The zero-order valence-corrected chi connectivity index (χ0v) is 9.95. The number of hydrogen-bond acceptors (Lipinski definition) is 3. The highest BCUT2D eigenvalue weighted by Gasteiger charge is 2.01. The van der Waals surface area contributed by atoms with Crippen LogP contribution in [0.4, 0.5) is 0 Å². The minimum absolute atomic E-state index is 0.570. The van der Waals surface area contributed by atoms with Gasteiger partial charge in [0.2, 0.25) is 0 Å². The predicted octanol–water partition coefficient (Wildman–Crippen LogP) is 2.45. The largest absolute Gasteiger partial charge is 0.309 e. The fraction of sp³-hybridized carbons (Fsp3) is 0.667. The summed E-state index contributed by atoms with van der Waals surface area (Å²) >= 11 is 0. The Morgan fingerprint density at radius 2 is 2.27 bits per heavy atom. The second kappa shape index (κ2) is 6.51. The lowest BCUT2D eigenvalue weighted by atomic mass is 10.1. The average Bonchev–Trinajstić information content (AvgIpc) is 2.23. The smallest absolute Gasteiger partial charge is 0.125 e. The molecule has 0 saturated carbocycles. The van der Waals surface area contributed by atoms with Crippen LogP contribution in [-0.2, 0) is 6.54 Å². The molecule has 1 N–H and O–H groups in total. The molecule has 0 aliphatic heterocycles. The first-order valence-corrected chi connectivity index (χ1v) is 5.74. The molecule has 0 aromatic carbocycles. The third kappa shape index (κ3) is 4.88. The molecule has 84 valence electrons. The van der Waals surface area contributed by atoms with Crippen molar-refractivity contribution >= 4 is 0 Å². The van der Waals surface area contributed by atoms with E-state index in [0.29, 0.717) is 6.04 Å². The van der Waals surface area contributed by atoms with Gasteiger partial charge in [-0.05, 0) is 26.3 Å². The minimum Gasteiger partial charge on any atom is -0.309 e. The van der Waals surface area contributed by atoms with Gasteiger partial charge in [0.15, 0.2) is 0 Å². The Balaban J connectivity index is 2.30. The lowest BCUT2D eigenvalue weighted by molar-refractivity contribution is 0.491. The Hall–Kier alpha value is -0.960. The summed E-state index contributed by atoms with van der Waals surface area (Å²) < 4.78 is 0. The van der Waals surface area contributed by atoms with Gasteiger partial charge in [0.05, 0.1) is 5.69 Å². The number of nitrogens with zero attached hydrogens (tertiary/aromatic N) is 2. The van der Waals surface area contributed by atoms with E-state index in [4.69, 9.17) is 0 Å². The molecule has 0 saturated heterocycles. The number of nitrogens with one attached hydrogen (secondary N) is 1. The van der Waals surface area contributed by atoms with E-state index < -0.39 is 0 Å². The lowest BCUT2D eigenvalue weighted by Gasteiger charge is -2.12. The molecule has 1 aromatic heterocycles. The van der Waals surface area contributed by atoms with Crippen molar-refractivity contribution in [3.8, 4) is 0 Å². The van der Waals surface area contributed by atoms with Crippen molar-refractivity contribution in [1.29, 1.82) is 0 Å². The summed E-state index contributed by atoms with van der Waals surface area (Å²) in [4.78, 5) is 8.43. The van der Waals surface area contributed by atoms with E-state index in [0.717, 1.165) is 18.1 Å². The highest BCUT2D eigenvalue weighted by atomic mass is 14.9. The lowest BCUT2D eigenvalue weighted by Crippen LogP contribution is -2.25. The molecule has 3 heteroatoms. The van der Waals surface area contributed by atoms with Crippen LogP contribution in [0.5, 0.6) is 0 Å². The number of aryl methyl sites for hydroxylation is 1. The van der Waals surface area contributed by atoms with Crippen LogP contribution in [0.15, 0.2) is 12.3 Å². The van der Waals surface area contributed by atoms with Gasteiger partial charge in [-0.25, -0.2) is 9.97 Å². The first kappa shape index (κ1) is 12.1. The van der Waals surface area contributed by atoms with Crippen LogP contribution in [0.25, 0.3) is 0 Å². The summed E-state index contributed by atoms with van der Waals surface area (Å²) in [6.45, 7) is 7.21. The van der Waals surface area contributed by atoms with Crippen LogP contribution in [-0.4, -0.2) is 16.0 Å². The third-order valence-electron chi connectivity index (χ3n) is 2.46. The molecular formula is C12H21N3. The Labute approximate surface area is 92.3 Å². The molecule has 0 spiro atoms. The fourth-order valence-electron chi connectivity index (χ4n) is 1.49. The van der Waals surface area contributed by atoms with Gasteiger partial charge in [-0.15, -0.1) is 0 Å². The Morgan fingerprint density at radius 3 is 2.93 bits per heavy atom. The number of rotatable bonds is 6. The molecule has 0 bridgehead atoms. The van der Waals surface area contributed by atoms with Crippen molar-refractivity contribution in [1.82, 2.24) is 15.3 Å². The van der Waals surface area contributed by atoms with Gasteiger partial charge in [-0.2, -0.15) is 0 Å². The molecule has 0 aliphatic carbocycles. The second-order valence-corrected chi connectivity index (χ2v) is 4.02. The fourth-order valence-corrected chi connectivity index (χ4v) is 1.49.